The summed E-state index contributed by atoms with van der Waals surface area (Å²) in [6, 6.07) is 20.1. The zero-order chi connectivity index (χ0) is 24.6. The zero-order valence-corrected chi connectivity index (χ0v) is 21.1. The number of halogens is 1. The van der Waals surface area contributed by atoms with Crippen molar-refractivity contribution in [2.45, 2.75) is 17.8 Å². The molecule has 0 radical (unpaired) electrons. The van der Waals surface area contributed by atoms with Crippen LogP contribution in [0.4, 0.5) is 5.69 Å². The van der Waals surface area contributed by atoms with Gasteiger partial charge in [0.1, 0.15) is 6.33 Å². The average Bonchev–Trinajstić information content (AvgIpc) is 3.39. The summed E-state index contributed by atoms with van der Waals surface area (Å²) in [5.41, 5.74) is 6.61. The summed E-state index contributed by atoms with van der Waals surface area (Å²) >= 11 is 4.85. The van der Waals surface area contributed by atoms with Crippen LogP contribution in [-0.4, -0.2) is 33.2 Å². The maximum Gasteiger partial charge on any atom is 0.273 e. The van der Waals surface area contributed by atoms with Crippen molar-refractivity contribution in [2.24, 2.45) is 5.10 Å². The van der Waals surface area contributed by atoms with Crippen LogP contribution in [0.2, 0.25) is 0 Å². The molecule has 0 saturated carbocycles. The van der Waals surface area contributed by atoms with Crippen LogP contribution in [-0.2, 0) is 5.75 Å². The van der Waals surface area contributed by atoms with Gasteiger partial charge in [0.25, 0.3) is 11.8 Å². The van der Waals surface area contributed by atoms with E-state index in [1.807, 2.05) is 43.3 Å². The van der Waals surface area contributed by atoms with Crippen molar-refractivity contribution in [3.05, 3.63) is 105 Å². The summed E-state index contributed by atoms with van der Waals surface area (Å²) in [5, 5.41) is 14.2. The van der Waals surface area contributed by atoms with E-state index in [1.54, 1.807) is 36.5 Å². The molecule has 35 heavy (non-hydrogen) atoms. The van der Waals surface area contributed by atoms with Crippen molar-refractivity contribution in [3.8, 4) is 0 Å². The van der Waals surface area contributed by atoms with E-state index in [4.69, 9.17) is 0 Å². The number of thioether (sulfide) groups is 1. The molecular formula is C25H21BrN6O2S. The Labute approximate surface area is 214 Å². The molecule has 1 heterocycles. The van der Waals surface area contributed by atoms with Crippen LogP contribution in [0.3, 0.4) is 0 Å². The molecular weight excluding hydrogens is 528 g/mol. The van der Waals surface area contributed by atoms with Gasteiger partial charge in [0.05, 0.1) is 17.5 Å². The molecule has 4 aromatic rings. The number of anilines is 1. The third-order valence-corrected chi connectivity index (χ3v) is 6.31. The number of nitrogens with zero attached hydrogens (tertiary/aromatic N) is 3. The van der Waals surface area contributed by atoms with Gasteiger partial charge in [-0.15, -0.1) is 5.10 Å². The number of rotatable bonds is 8. The summed E-state index contributed by atoms with van der Waals surface area (Å²) < 4.78 is 0.703. The van der Waals surface area contributed by atoms with E-state index >= 15 is 0 Å². The molecule has 8 nitrogen and oxygen atoms in total. The second-order valence-corrected chi connectivity index (χ2v) is 9.38. The minimum atomic E-state index is -0.443. The Bertz CT molecular complexity index is 1360. The van der Waals surface area contributed by atoms with Gasteiger partial charge >= 0.3 is 0 Å². The van der Waals surface area contributed by atoms with Gasteiger partial charge in [-0.3, -0.25) is 14.7 Å². The molecule has 0 aliphatic rings. The maximum absolute atomic E-state index is 13.0. The van der Waals surface area contributed by atoms with Gasteiger partial charge in [-0.05, 0) is 48.4 Å². The molecule has 0 saturated heterocycles. The molecule has 0 atom stereocenters. The monoisotopic (exact) mass is 548 g/mol. The van der Waals surface area contributed by atoms with Gasteiger partial charge < -0.3 is 5.32 Å². The van der Waals surface area contributed by atoms with Crippen LogP contribution in [0, 0.1) is 6.92 Å². The van der Waals surface area contributed by atoms with Gasteiger partial charge in [0.15, 0.2) is 0 Å². The predicted molar refractivity (Wildman–Crippen MR) is 141 cm³/mol. The van der Waals surface area contributed by atoms with Crippen molar-refractivity contribution in [1.29, 1.82) is 0 Å². The predicted octanol–water partition coefficient (Wildman–Crippen LogP) is 5.18. The first-order valence-electron chi connectivity index (χ1n) is 10.6. The highest BCUT2D eigenvalue weighted by atomic mass is 79.9. The van der Waals surface area contributed by atoms with Gasteiger partial charge in [0.2, 0.25) is 5.16 Å². The molecule has 4 rings (SSSR count). The van der Waals surface area contributed by atoms with E-state index < -0.39 is 5.91 Å². The number of H-pyrrole nitrogens is 1. The maximum atomic E-state index is 13.0. The summed E-state index contributed by atoms with van der Waals surface area (Å²) in [6.07, 6.45) is 3.08. The summed E-state index contributed by atoms with van der Waals surface area (Å²) in [6.45, 7) is 2.00. The van der Waals surface area contributed by atoms with Crippen LogP contribution < -0.4 is 10.7 Å². The molecule has 176 valence electrons. The molecule has 0 unspecified atom stereocenters. The smallest absolute Gasteiger partial charge is 0.273 e. The Balaban J connectivity index is 1.44. The number of benzene rings is 3. The molecule has 0 aliphatic heterocycles. The average molecular weight is 549 g/mol. The lowest BCUT2D eigenvalue weighted by Crippen LogP contribution is -2.21. The number of carbonyl (C=O) groups is 2. The number of aryl methyl sites for hydroxylation is 1. The lowest BCUT2D eigenvalue weighted by molar-refractivity contribution is 0.0956. The van der Waals surface area contributed by atoms with Gasteiger partial charge in [-0.2, -0.15) is 5.10 Å². The third-order valence-electron chi connectivity index (χ3n) is 4.88. The second-order valence-electron chi connectivity index (χ2n) is 7.52. The van der Waals surface area contributed by atoms with E-state index in [2.05, 4.69) is 47.0 Å². The molecule has 1 aromatic heterocycles. The minimum Gasteiger partial charge on any atom is -0.321 e. The molecule has 0 spiro atoms. The molecule has 2 amide bonds. The molecule has 10 heteroatoms. The first kappa shape index (κ1) is 24.4. The highest BCUT2D eigenvalue weighted by molar-refractivity contribution is 9.10. The Kier molecular flexibility index (Phi) is 8.07. The second kappa shape index (κ2) is 11.6. The Morgan fingerprint density at radius 1 is 1.09 bits per heavy atom. The number of hydrogen-bond donors (Lipinski definition) is 3. The zero-order valence-electron chi connectivity index (χ0n) is 18.7. The Morgan fingerprint density at radius 2 is 1.91 bits per heavy atom. The van der Waals surface area contributed by atoms with Crippen LogP contribution in [0.5, 0.6) is 0 Å². The number of amides is 2. The summed E-state index contributed by atoms with van der Waals surface area (Å²) in [5.74, 6) is -0.153. The number of carbonyl (C=O) groups excluding carboxylic acids is 2. The topological polar surface area (TPSA) is 112 Å². The fourth-order valence-corrected chi connectivity index (χ4v) is 4.18. The highest BCUT2D eigenvalue weighted by Gasteiger charge is 2.15. The minimum absolute atomic E-state index is 0.282. The van der Waals surface area contributed by atoms with Crippen LogP contribution in [0.25, 0.3) is 0 Å². The van der Waals surface area contributed by atoms with Gasteiger partial charge in [-0.1, -0.05) is 69.7 Å². The van der Waals surface area contributed by atoms with E-state index in [-0.39, 0.29) is 11.5 Å². The van der Waals surface area contributed by atoms with E-state index in [0.29, 0.717) is 26.6 Å². The number of nitrogens with one attached hydrogen (secondary N) is 3. The van der Waals surface area contributed by atoms with Gasteiger partial charge in [0, 0.05) is 15.8 Å². The number of aromatic amines is 1. The Morgan fingerprint density at radius 3 is 2.69 bits per heavy atom. The number of aromatic nitrogens is 3. The Hall–Kier alpha value is -3.76. The normalized spacial score (nSPS) is 10.9. The quantitative estimate of drug-likeness (QED) is 0.159. The molecule has 0 bridgehead atoms. The first-order valence-corrected chi connectivity index (χ1v) is 12.3. The van der Waals surface area contributed by atoms with E-state index in [0.717, 1.165) is 16.7 Å². The molecule has 3 aromatic carbocycles. The number of hydrazone groups is 1. The lowest BCUT2D eigenvalue weighted by atomic mass is 10.1. The fourth-order valence-electron chi connectivity index (χ4n) is 3.10. The summed E-state index contributed by atoms with van der Waals surface area (Å²) in [7, 11) is 0. The van der Waals surface area contributed by atoms with E-state index in [1.165, 1.54) is 18.1 Å². The highest BCUT2D eigenvalue weighted by Crippen LogP contribution is 2.23. The van der Waals surface area contributed by atoms with Gasteiger partial charge in [-0.25, -0.2) is 10.4 Å². The van der Waals surface area contributed by atoms with Crippen LogP contribution >= 0.6 is 27.7 Å². The van der Waals surface area contributed by atoms with Crippen molar-refractivity contribution >= 4 is 51.4 Å². The molecule has 0 fully saturated rings. The van der Waals surface area contributed by atoms with Crippen LogP contribution in [0.1, 0.15) is 37.4 Å². The first-order chi connectivity index (χ1) is 17.0. The van der Waals surface area contributed by atoms with Crippen LogP contribution in [0.15, 0.2) is 87.8 Å². The summed E-state index contributed by atoms with van der Waals surface area (Å²) in [4.78, 5) is 29.9. The SMILES string of the molecule is Cc1ccc(C=NNC(=O)c2cc(Br)ccc2NC(=O)c2cccc(CSc3nc[nH]n3)c2)cc1. The molecule has 0 aliphatic carbocycles. The van der Waals surface area contributed by atoms with Crippen molar-refractivity contribution in [1.82, 2.24) is 20.6 Å². The fraction of sp³-hybridized carbons (Fsp3) is 0.0800. The molecule has 3 N–H and O–H groups in total. The lowest BCUT2D eigenvalue weighted by Gasteiger charge is -2.11. The van der Waals surface area contributed by atoms with Crippen molar-refractivity contribution < 1.29 is 9.59 Å². The standard InChI is InChI=1S/C25H21BrN6O2S/c1-16-5-7-17(8-6-16)13-28-31-24(34)21-12-20(26)9-10-22(21)30-23(33)19-4-2-3-18(11-19)14-35-25-27-15-29-32-25/h2-13,15H,14H2,1H3,(H,30,33)(H,31,34)(H,27,29,32). The number of hydrogen-bond acceptors (Lipinski definition) is 6. The van der Waals surface area contributed by atoms with E-state index in [9.17, 15) is 9.59 Å². The van der Waals surface area contributed by atoms with Crippen molar-refractivity contribution in [3.63, 3.8) is 0 Å². The van der Waals surface area contributed by atoms with Crippen molar-refractivity contribution in [2.75, 3.05) is 5.32 Å². The third kappa shape index (κ3) is 6.87. The largest absolute Gasteiger partial charge is 0.321 e.